The zero-order valence-corrected chi connectivity index (χ0v) is 34.7. The maximum absolute atomic E-state index is 14.2. The Kier molecular flexibility index (Phi) is 10.5. The standard InChI is InChI=1S/C46H46N2O8S2/c1-4-7-9-10-12-33-36-37(54-22-21-53-36)41(57-33)42-39-38(55-23-24-56-39)40(58-42)27-13-15-28(16-14-27)48-45(51)31-19-17-29-34-30(18-20-32(35(31)34)46(48)52)44(50)47(43(29)49)25-26(6-3)11-8-5-2/h13-20,26H,4-12,21-25H2,1-3H3. The maximum atomic E-state index is 14.2. The van der Waals surface area contributed by atoms with Crippen molar-refractivity contribution in [1.29, 1.82) is 0 Å². The fourth-order valence-corrected chi connectivity index (χ4v) is 11.1. The van der Waals surface area contributed by atoms with Gasteiger partial charge >= 0.3 is 0 Å². The quantitative estimate of drug-likeness (QED) is 0.0804. The summed E-state index contributed by atoms with van der Waals surface area (Å²) in [5, 5.41) is 0.744. The number of ether oxygens (including phenoxy) is 4. The molecule has 12 heteroatoms. The molecule has 0 saturated heterocycles. The average molecular weight is 819 g/mol. The lowest BCUT2D eigenvalue weighted by molar-refractivity contribution is 0.0578. The van der Waals surface area contributed by atoms with Crippen LogP contribution in [0.3, 0.4) is 0 Å². The molecule has 0 spiro atoms. The van der Waals surface area contributed by atoms with E-state index in [9.17, 15) is 19.2 Å². The van der Waals surface area contributed by atoms with Gasteiger partial charge in [-0.3, -0.25) is 24.1 Å². The van der Waals surface area contributed by atoms with Crippen LogP contribution in [0.15, 0.2) is 48.5 Å². The average Bonchev–Trinajstić information content (AvgIpc) is 3.82. The number of imide groups is 2. The van der Waals surface area contributed by atoms with Gasteiger partial charge in [-0.05, 0) is 67.1 Å². The third-order valence-electron chi connectivity index (χ3n) is 11.7. The van der Waals surface area contributed by atoms with Crippen LogP contribution in [-0.4, -0.2) is 61.5 Å². The van der Waals surface area contributed by atoms with E-state index in [0.717, 1.165) is 70.2 Å². The highest BCUT2D eigenvalue weighted by molar-refractivity contribution is 7.25. The van der Waals surface area contributed by atoms with E-state index in [1.54, 1.807) is 59.1 Å². The molecule has 0 saturated carbocycles. The smallest absolute Gasteiger partial charge is 0.265 e. The summed E-state index contributed by atoms with van der Waals surface area (Å²) in [4.78, 5) is 62.7. The Morgan fingerprint density at radius 1 is 0.569 bits per heavy atom. The Morgan fingerprint density at radius 3 is 1.66 bits per heavy atom. The predicted molar refractivity (Wildman–Crippen MR) is 227 cm³/mol. The van der Waals surface area contributed by atoms with Gasteiger partial charge in [-0.25, -0.2) is 4.90 Å². The minimum Gasteiger partial charge on any atom is -0.485 e. The Morgan fingerprint density at radius 2 is 1.09 bits per heavy atom. The van der Waals surface area contributed by atoms with Crippen LogP contribution in [0.2, 0.25) is 0 Å². The van der Waals surface area contributed by atoms with Gasteiger partial charge in [-0.15, -0.1) is 22.7 Å². The molecule has 3 aromatic carbocycles. The molecule has 4 aliphatic heterocycles. The van der Waals surface area contributed by atoms with Crippen molar-refractivity contribution in [3.8, 4) is 43.2 Å². The second-order valence-electron chi connectivity index (χ2n) is 15.3. The van der Waals surface area contributed by atoms with Crippen LogP contribution in [0, 0.1) is 5.92 Å². The van der Waals surface area contributed by atoms with E-state index in [1.807, 2.05) is 12.1 Å². The first-order valence-electron chi connectivity index (χ1n) is 20.6. The van der Waals surface area contributed by atoms with Crippen LogP contribution in [0.25, 0.3) is 31.0 Å². The molecule has 6 heterocycles. The number of carbonyl (C=O) groups is 4. The molecule has 300 valence electrons. The number of hydrogen-bond acceptors (Lipinski definition) is 10. The number of anilines is 1. The van der Waals surface area contributed by atoms with Gasteiger partial charge in [0.25, 0.3) is 23.6 Å². The number of amides is 4. The number of aryl methyl sites for hydroxylation is 1. The molecule has 0 N–H and O–H groups in total. The molecule has 10 nitrogen and oxygen atoms in total. The SMILES string of the molecule is CCCCCCc1sc(-c2sc(-c3ccc(N4C(=O)c5ccc6c7c(ccc(c57)C4=O)C(=O)N(CC(CC)CCCC)C6=O)cc3)c3c2OCCO3)c2c1OCCO2. The Hall–Kier alpha value is -5.20. The van der Waals surface area contributed by atoms with E-state index in [-0.39, 0.29) is 28.9 Å². The lowest BCUT2D eigenvalue weighted by Gasteiger charge is -2.33. The number of fused-ring (bicyclic) bond motifs is 2. The molecule has 1 atom stereocenters. The van der Waals surface area contributed by atoms with E-state index in [1.165, 1.54) is 33.9 Å². The molecular formula is C46H46N2O8S2. The van der Waals surface area contributed by atoms with Gasteiger partial charge in [0.2, 0.25) is 0 Å². The summed E-state index contributed by atoms with van der Waals surface area (Å²) in [5.74, 6) is 1.37. The van der Waals surface area contributed by atoms with Crippen LogP contribution >= 0.6 is 22.7 Å². The molecule has 2 aromatic heterocycles. The molecule has 0 fully saturated rings. The summed E-state index contributed by atoms with van der Waals surface area (Å²) in [6.45, 7) is 8.61. The van der Waals surface area contributed by atoms with Gasteiger partial charge in [0, 0.05) is 39.6 Å². The van der Waals surface area contributed by atoms with Crippen molar-refractivity contribution < 1.29 is 38.1 Å². The third-order valence-corrected chi connectivity index (χ3v) is 14.3. The van der Waals surface area contributed by atoms with Crippen molar-refractivity contribution in [3.05, 3.63) is 75.7 Å². The molecule has 0 bridgehead atoms. The summed E-state index contributed by atoms with van der Waals surface area (Å²) in [6, 6.07) is 13.8. The van der Waals surface area contributed by atoms with Crippen molar-refractivity contribution in [1.82, 2.24) is 4.90 Å². The number of thiophene rings is 2. The summed E-state index contributed by atoms with van der Waals surface area (Å²) in [5.41, 5.74) is 2.49. The fourth-order valence-electron chi connectivity index (χ4n) is 8.59. The van der Waals surface area contributed by atoms with E-state index in [2.05, 4.69) is 20.8 Å². The Balaban J connectivity index is 1.02. The molecule has 58 heavy (non-hydrogen) atoms. The molecular weight excluding hydrogens is 773 g/mol. The van der Waals surface area contributed by atoms with Crippen LogP contribution in [-0.2, 0) is 6.42 Å². The van der Waals surface area contributed by atoms with Crippen LogP contribution in [0.1, 0.15) is 118 Å². The van der Waals surface area contributed by atoms with Gasteiger partial charge in [-0.1, -0.05) is 71.4 Å². The van der Waals surface area contributed by atoms with Crippen molar-refractivity contribution in [2.45, 2.75) is 78.6 Å². The van der Waals surface area contributed by atoms with E-state index in [4.69, 9.17) is 18.9 Å². The van der Waals surface area contributed by atoms with E-state index >= 15 is 0 Å². The second kappa shape index (κ2) is 15.9. The van der Waals surface area contributed by atoms with E-state index < -0.39 is 11.8 Å². The Labute approximate surface area is 345 Å². The number of hydrogen-bond donors (Lipinski definition) is 0. The molecule has 4 amide bonds. The molecule has 9 rings (SSSR count). The number of rotatable bonds is 14. The molecule has 0 radical (unpaired) electrons. The number of carbonyl (C=O) groups excluding carboxylic acids is 4. The van der Waals surface area contributed by atoms with Crippen molar-refractivity contribution in [2.75, 3.05) is 37.9 Å². The van der Waals surface area contributed by atoms with Crippen molar-refractivity contribution in [3.63, 3.8) is 0 Å². The van der Waals surface area contributed by atoms with E-state index in [0.29, 0.717) is 72.1 Å². The van der Waals surface area contributed by atoms with Gasteiger partial charge < -0.3 is 18.9 Å². The monoisotopic (exact) mass is 818 g/mol. The maximum Gasteiger partial charge on any atom is 0.265 e. The Bertz CT molecular complexity index is 2390. The molecule has 4 aliphatic rings. The van der Waals surface area contributed by atoms with Crippen molar-refractivity contribution >= 4 is 62.8 Å². The number of benzene rings is 3. The fraction of sp³-hybridized carbons (Fsp3) is 0.391. The lowest BCUT2D eigenvalue weighted by Crippen LogP contribution is -2.44. The zero-order valence-electron chi connectivity index (χ0n) is 33.1. The first-order chi connectivity index (χ1) is 28.3. The van der Waals surface area contributed by atoms with Gasteiger partial charge in [0.05, 0.1) is 25.2 Å². The van der Waals surface area contributed by atoms with Gasteiger partial charge in [0.15, 0.2) is 23.0 Å². The largest absolute Gasteiger partial charge is 0.485 e. The second-order valence-corrected chi connectivity index (χ2v) is 17.5. The lowest BCUT2D eigenvalue weighted by atomic mass is 9.85. The highest BCUT2D eigenvalue weighted by atomic mass is 32.1. The minimum atomic E-state index is -0.510. The zero-order chi connectivity index (χ0) is 40.1. The van der Waals surface area contributed by atoms with Crippen LogP contribution in [0.4, 0.5) is 5.69 Å². The van der Waals surface area contributed by atoms with Gasteiger partial charge in [0.1, 0.15) is 26.4 Å². The molecule has 1 unspecified atom stereocenters. The molecule has 0 aliphatic carbocycles. The number of nitrogens with zero attached hydrogens (tertiary/aromatic N) is 2. The highest BCUT2D eigenvalue weighted by Crippen LogP contribution is 2.60. The third kappa shape index (κ3) is 6.36. The topological polar surface area (TPSA) is 112 Å². The van der Waals surface area contributed by atoms with Crippen molar-refractivity contribution in [2.24, 2.45) is 5.92 Å². The number of unbranched alkanes of at least 4 members (excludes halogenated alkanes) is 4. The predicted octanol–water partition coefficient (Wildman–Crippen LogP) is 10.6. The first kappa shape index (κ1) is 38.3. The normalized spacial score (nSPS) is 16.1. The van der Waals surface area contributed by atoms with Gasteiger partial charge in [-0.2, -0.15) is 0 Å². The molecule has 5 aromatic rings. The highest BCUT2D eigenvalue weighted by Gasteiger charge is 2.41. The summed E-state index contributed by atoms with van der Waals surface area (Å²) in [7, 11) is 0. The van der Waals surface area contributed by atoms with Crippen LogP contribution in [0.5, 0.6) is 23.0 Å². The minimum absolute atomic E-state index is 0.202. The summed E-state index contributed by atoms with van der Waals surface area (Å²) in [6.07, 6.45) is 9.44. The summed E-state index contributed by atoms with van der Waals surface area (Å²) < 4.78 is 24.9. The first-order valence-corrected chi connectivity index (χ1v) is 22.3. The summed E-state index contributed by atoms with van der Waals surface area (Å²) >= 11 is 3.26. The van der Waals surface area contributed by atoms with Crippen LogP contribution < -0.4 is 23.8 Å².